The minimum Gasteiger partial charge on any atom is -0.449 e. The van der Waals surface area contributed by atoms with Crippen LogP contribution in [0.15, 0.2) is 12.1 Å². The van der Waals surface area contributed by atoms with Crippen LogP contribution < -0.4 is 0 Å². The standard InChI is InChI=1S/C13H8Cl3F3O2/c1-2-9(21-11(20)6-13(17,18)19)4-7-3-8(14)5-10(15)12(7)16/h1,3,5,9H,4,6H2. The molecule has 0 saturated heterocycles. The molecule has 1 rings (SSSR count). The summed E-state index contributed by atoms with van der Waals surface area (Å²) in [5.74, 6) is 0.615. The highest BCUT2D eigenvalue weighted by Gasteiger charge is 2.33. The van der Waals surface area contributed by atoms with E-state index >= 15 is 0 Å². The van der Waals surface area contributed by atoms with Crippen molar-refractivity contribution in [3.63, 3.8) is 0 Å². The van der Waals surface area contributed by atoms with Crippen molar-refractivity contribution in [2.24, 2.45) is 0 Å². The number of benzene rings is 1. The van der Waals surface area contributed by atoms with Crippen LogP contribution >= 0.6 is 34.8 Å². The third-order valence-electron chi connectivity index (χ3n) is 2.28. The summed E-state index contributed by atoms with van der Waals surface area (Å²) in [6.07, 6.45) is -2.53. The van der Waals surface area contributed by atoms with E-state index in [-0.39, 0.29) is 21.5 Å². The van der Waals surface area contributed by atoms with Crippen LogP contribution in [-0.4, -0.2) is 18.2 Å². The fourth-order valence-corrected chi connectivity index (χ4v) is 2.18. The molecule has 0 aliphatic heterocycles. The third kappa shape index (κ3) is 6.04. The Labute approximate surface area is 134 Å². The van der Waals surface area contributed by atoms with E-state index in [2.05, 4.69) is 10.7 Å². The number of halogens is 6. The predicted octanol–water partition coefficient (Wildman–Crippen LogP) is 4.69. The first-order chi connectivity index (χ1) is 9.62. The molecule has 0 aromatic heterocycles. The van der Waals surface area contributed by atoms with Crippen molar-refractivity contribution in [2.45, 2.75) is 25.1 Å². The van der Waals surface area contributed by atoms with E-state index in [0.29, 0.717) is 5.56 Å². The maximum atomic E-state index is 12.0. The molecule has 0 aliphatic rings. The zero-order valence-electron chi connectivity index (χ0n) is 10.3. The minimum absolute atomic E-state index is 0.0980. The van der Waals surface area contributed by atoms with Gasteiger partial charge in [0.25, 0.3) is 0 Å². The summed E-state index contributed by atoms with van der Waals surface area (Å²) in [5.41, 5.74) is 0.372. The van der Waals surface area contributed by atoms with Gasteiger partial charge in [0.2, 0.25) is 0 Å². The van der Waals surface area contributed by atoms with Crippen LogP contribution in [0.25, 0.3) is 0 Å². The quantitative estimate of drug-likeness (QED) is 0.443. The van der Waals surface area contributed by atoms with E-state index in [0.717, 1.165) is 0 Å². The fraction of sp³-hybridized carbons (Fsp3) is 0.308. The van der Waals surface area contributed by atoms with Crippen LogP contribution in [-0.2, 0) is 16.0 Å². The van der Waals surface area contributed by atoms with Crippen molar-refractivity contribution in [3.8, 4) is 12.3 Å². The zero-order valence-corrected chi connectivity index (χ0v) is 12.6. The number of alkyl halides is 3. The molecule has 1 unspecified atom stereocenters. The molecular formula is C13H8Cl3F3O2. The number of carbonyl (C=O) groups is 1. The smallest absolute Gasteiger partial charge is 0.399 e. The molecular weight excluding hydrogens is 351 g/mol. The van der Waals surface area contributed by atoms with Crippen molar-refractivity contribution < 1.29 is 22.7 Å². The molecule has 0 fully saturated rings. The molecule has 0 heterocycles. The Morgan fingerprint density at radius 2 is 1.95 bits per heavy atom. The normalized spacial score (nSPS) is 12.6. The van der Waals surface area contributed by atoms with Gasteiger partial charge in [0.15, 0.2) is 6.10 Å². The van der Waals surface area contributed by atoms with Gasteiger partial charge >= 0.3 is 12.1 Å². The molecule has 21 heavy (non-hydrogen) atoms. The van der Waals surface area contributed by atoms with Crippen molar-refractivity contribution >= 4 is 40.8 Å². The monoisotopic (exact) mass is 358 g/mol. The molecule has 1 aromatic carbocycles. The summed E-state index contributed by atoms with van der Waals surface area (Å²) in [5, 5.41) is 0.585. The van der Waals surface area contributed by atoms with E-state index in [4.69, 9.17) is 41.2 Å². The van der Waals surface area contributed by atoms with Crippen molar-refractivity contribution in [2.75, 3.05) is 0 Å². The van der Waals surface area contributed by atoms with Gasteiger partial charge in [0.05, 0.1) is 10.0 Å². The highest BCUT2D eigenvalue weighted by molar-refractivity contribution is 6.43. The number of carbonyl (C=O) groups excluding carboxylic acids is 1. The van der Waals surface area contributed by atoms with E-state index in [1.165, 1.54) is 12.1 Å². The number of terminal acetylenes is 1. The van der Waals surface area contributed by atoms with Gasteiger partial charge in [-0.2, -0.15) is 13.2 Å². The van der Waals surface area contributed by atoms with Gasteiger partial charge in [0.1, 0.15) is 6.42 Å². The average molecular weight is 360 g/mol. The maximum absolute atomic E-state index is 12.0. The van der Waals surface area contributed by atoms with E-state index < -0.39 is 24.7 Å². The first-order valence-corrected chi connectivity index (χ1v) is 6.61. The summed E-state index contributed by atoms with van der Waals surface area (Å²) in [6, 6.07) is 2.84. The predicted molar refractivity (Wildman–Crippen MR) is 74.6 cm³/mol. The second-order valence-corrected chi connectivity index (χ2v) is 5.22. The lowest BCUT2D eigenvalue weighted by molar-refractivity contribution is -0.173. The summed E-state index contributed by atoms with van der Waals surface area (Å²) >= 11 is 17.5. The van der Waals surface area contributed by atoms with Crippen LogP contribution in [0.1, 0.15) is 12.0 Å². The van der Waals surface area contributed by atoms with E-state index in [9.17, 15) is 18.0 Å². The van der Waals surface area contributed by atoms with E-state index in [1.807, 2.05) is 0 Å². The molecule has 0 amide bonds. The molecule has 1 atom stereocenters. The SMILES string of the molecule is C#CC(Cc1cc(Cl)cc(Cl)c1Cl)OC(=O)CC(F)(F)F. The van der Waals surface area contributed by atoms with Gasteiger partial charge in [0, 0.05) is 11.4 Å². The van der Waals surface area contributed by atoms with Gasteiger partial charge < -0.3 is 4.74 Å². The Hall–Kier alpha value is -1.09. The topological polar surface area (TPSA) is 26.3 Å². The first-order valence-electron chi connectivity index (χ1n) is 5.48. The second-order valence-electron chi connectivity index (χ2n) is 4.00. The van der Waals surface area contributed by atoms with Crippen molar-refractivity contribution in [1.82, 2.24) is 0 Å². The molecule has 8 heteroatoms. The molecule has 0 radical (unpaired) electrons. The number of rotatable bonds is 4. The second kappa shape index (κ2) is 7.26. The molecule has 0 aliphatic carbocycles. The molecule has 0 spiro atoms. The first kappa shape index (κ1) is 18.0. The molecule has 0 N–H and O–H groups in total. The average Bonchev–Trinajstić information content (AvgIpc) is 2.31. The van der Waals surface area contributed by atoms with Crippen LogP contribution in [0.2, 0.25) is 15.1 Å². The zero-order chi connectivity index (χ0) is 16.2. The number of ether oxygens (including phenoxy) is 1. The summed E-state index contributed by atoms with van der Waals surface area (Å²) in [6.45, 7) is 0. The Bertz CT molecular complexity index is 579. The highest BCUT2D eigenvalue weighted by Crippen LogP contribution is 2.31. The Morgan fingerprint density at radius 3 is 2.48 bits per heavy atom. The number of hydrogen-bond donors (Lipinski definition) is 0. The Morgan fingerprint density at radius 1 is 1.33 bits per heavy atom. The van der Waals surface area contributed by atoms with Gasteiger partial charge in [-0.1, -0.05) is 40.7 Å². The van der Waals surface area contributed by atoms with Crippen LogP contribution in [0.5, 0.6) is 0 Å². The van der Waals surface area contributed by atoms with Gasteiger partial charge in [-0.05, 0) is 17.7 Å². The Kier molecular flexibility index (Phi) is 6.21. The van der Waals surface area contributed by atoms with Gasteiger partial charge in [-0.15, -0.1) is 6.42 Å². The van der Waals surface area contributed by atoms with Crippen LogP contribution in [0.3, 0.4) is 0 Å². The molecule has 2 nitrogen and oxygen atoms in total. The molecule has 114 valence electrons. The minimum atomic E-state index is -4.66. The summed E-state index contributed by atoms with van der Waals surface area (Å²) < 4.78 is 40.7. The van der Waals surface area contributed by atoms with E-state index in [1.54, 1.807) is 0 Å². The highest BCUT2D eigenvalue weighted by atomic mass is 35.5. The summed E-state index contributed by atoms with van der Waals surface area (Å²) in [4.78, 5) is 11.1. The fourth-order valence-electron chi connectivity index (χ4n) is 1.46. The lowest BCUT2D eigenvalue weighted by atomic mass is 10.1. The number of esters is 1. The molecule has 0 saturated carbocycles. The summed E-state index contributed by atoms with van der Waals surface area (Å²) in [7, 11) is 0. The van der Waals surface area contributed by atoms with Crippen molar-refractivity contribution in [1.29, 1.82) is 0 Å². The van der Waals surface area contributed by atoms with Gasteiger partial charge in [-0.3, -0.25) is 4.79 Å². The van der Waals surface area contributed by atoms with Crippen molar-refractivity contribution in [3.05, 3.63) is 32.8 Å². The lowest BCUT2D eigenvalue weighted by Gasteiger charge is -2.15. The third-order valence-corrected chi connectivity index (χ3v) is 3.34. The maximum Gasteiger partial charge on any atom is 0.399 e. The van der Waals surface area contributed by atoms with Crippen LogP contribution in [0, 0.1) is 12.3 Å². The molecule has 1 aromatic rings. The van der Waals surface area contributed by atoms with Gasteiger partial charge in [-0.25, -0.2) is 0 Å². The Balaban J connectivity index is 2.80. The molecule has 0 bridgehead atoms. The largest absolute Gasteiger partial charge is 0.449 e. The number of hydrogen-bond acceptors (Lipinski definition) is 2. The lowest BCUT2D eigenvalue weighted by Crippen LogP contribution is -2.23. The van der Waals surface area contributed by atoms with Crippen LogP contribution in [0.4, 0.5) is 13.2 Å².